The average molecular weight is 241 g/mol. The zero-order valence-electron chi connectivity index (χ0n) is 10.1. The van der Waals surface area contributed by atoms with Gasteiger partial charge in [0.05, 0.1) is 0 Å². The van der Waals surface area contributed by atoms with Crippen molar-refractivity contribution in [3.63, 3.8) is 0 Å². The molecule has 6 nitrogen and oxygen atoms in total. The summed E-state index contributed by atoms with van der Waals surface area (Å²) in [6.45, 7) is 1.39. The Morgan fingerprint density at radius 1 is 1.47 bits per heavy atom. The highest BCUT2D eigenvalue weighted by atomic mass is 16.5. The minimum atomic E-state index is -0.734. The molecule has 0 radical (unpaired) electrons. The highest BCUT2D eigenvalue weighted by molar-refractivity contribution is 6.09. The van der Waals surface area contributed by atoms with Crippen LogP contribution < -0.4 is 5.73 Å². The molecule has 0 unspecified atom stereocenters. The van der Waals surface area contributed by atoms with Crippen LogP contribution in [0.2, 0.25) is 0 Å². The van der Waals surface area contributed by atoms with E-state index in [-0.39, 0.29) is 17.8 Å². The van der Waals surface area contributed by atoms with E-state index in [2.05, 4.69) is 5.16 Å². The minimum absolute atomic E-state index is 0.0281. The maximum atomic E-state index is 12.3. The molecule has 0 spiro atoms. The van der Waals surface area contributed by atoms with E-state index < -0.39 is 5.41 Å². The van der Waals surface area contributed by atoms with Crippen LogP contribution in [0.4, 0.5) is 0 Å². The molecule has 17 heavy (non-hydrogen) atoms. The van der Waals surface area contributed by atoms with Crippen LogP contribution >= 0.6 is 0 Å². The van der Waals surface area contributed by atoms with Gasteiger partial charge in [-0.15, -0.1) is 0 Å². The highest BCUT2D eigenvalue weighted by Crippen LogP contribution is 2.47. The number of amidine groups is 1. The van der Waals surface area contributed by atoms with Gasteiger partial charge in [0.25, 0.3) is 0 Å². The Kier molecular flexibility index (Phi) is 3.24. The fourth-order valence-corrected chi connectivity index (χ4v) is 2.38. The van der Waals surface area contributed by atoms with Crippen LogP contribution in [0.15, 0.2) is 5.16 Å². The highest BCUT2D eigenvalue weighted by Gasteiger charge is 2.56. The van der Waals surface area contributed by atoms with Crippen molar-refractivity contribution < 1.29 is 14.7 Å². The molecule has 2 aliphatic rings. The molecule has 6 heteroatoms. The van der Waals surface area contributed by atoms with Gasteiger partial charge in [-0.25, -0.2) is 0 Å². The summed E-state index contributed by atoms with van der Waals surface area (Å²) in [4.78, 5) is 14.1. The summed E-state index contributed by atoms with van der Waals surface area (Å²) in [5.74, 6) is 0.0149. The molecule has 1 saturated heterocycles. The van der Waals surface area contributed by atoms with Gasteiger partial charge < -0.3 is 20.6 Å². The smallest absolute Gasteiger partial charge is 0.236 e. The van der Waals surface area contributed by atoms with Gasteiger partial charge in [0, 0.05) is 26.3 Å². The number of ether oxygens (including phenoxy) is 1. The summed E-state index contributed by atoms with van der Waals surface area (Å²) in [7, 11) is 1.79. The molecule has 3 N–H and O–H groups in total. The molecule has 1 saturated carbocycles. The van der Waals surface area contributed by atoms with E-state index in [0.29, 0.717) is 26.1 Å². The number of hydrogen-bond donors (Lipinski definition) is 2. The fraction of sp³-hybridized carbons (Fsp3) is 0.818. The van der Waals surface area contributed by atoms with Gasteiger partial charge in [-0.1, -0.05) is 5.16 Å². The lowest BCUT2D eigenvalue weighted by molar-refractivity contribution is -0.137. The average Bonchev–Trinajstić information content (AvgIpc) is 3.18. The van der Waals surface area contributed by atoms with E-state index in [1.807, 2.05) is 0 Å². The topological polar surface area (TPSA) is 88.2 Å². The number of amides is 1. The minimum Gasteiger partial charge on any atom is -0.409 e. The number of nitrogens with two attached hydrogens (primary N) is 1. The van der Waals surface area contributed by atoms with Crippen molar-refractivity contribution in [2.75, 3.05) is 20.3 Å². The molecule has 0 aromatic rings. The molecular formula is C11H19N3O3. The van der Waals surface area contributed by atoms with Crippen molar-refractivity contribution in [1.29, 1.82) is 0 Å². The standard InChI is InChI=1S/C11H19N3O3/c1-14(8-2-6-17-7-3-8)10(15)11(4-5-11)9(12)13-16/h8,16H,2-7H2,1H3,(H2,12,13). The molecule has 0 aromatic carbocycles. The Morgan fingerprint density at radius 2 is 2.06 bits per heavy atom. The second-order valence-corrected chi connectivity index (χ2v) is 4.83. The summed E-state index contributed by atoms with van der Waals surface area (Å²) in [6.07, 6.45) is 3.06. The lowest BCUT2D eigenvalue weighted by Gasteiger charge is -2.33. The van der Waals surface area contributed by atoms with Crippen molar-refractivity contribution >= 4 is 11.7 Å². The number of carbonyl (C=O) groups is 1. The van der Waals surface area contributed by atoms with Crippen molar-refractivity contribution in [2.45, 2.75) is 31.7 Å². The van der Waals surface area contributed by atoms with Gasteiger partial charge in [-0.3, -0.25) is 4.79 Å². The van der Waals surface area contributed by atoms with E-state index >= 15 is 0 Å². The van der Waals surface area contributed by atoms with Gasteiger partial charge in [0.2, 0.25) is 5.91 Å². The molecule has 96 valence electrons. The van der Waals surface area contributed by atoms with Crippen molar-refractivity contribution in [2.24, 2.45) is 16.3 Å². The van der Waals surface area contributed by atoms with Crippen LogP contribution in [-0.4, -0.2) is 48.2 Å². The molecule has 0 atom stereocenters. The van der Waals surface area contributed by atoms with Crippen molar-refractivity contribution in [1.82, 2.24) is 4.90 Å². The molecule has 1 aliphatic heterocycles. The van der Waals surface area contributed by atoms with Gasteiger partial charge >= 0.3 is 0 Å². The molecule has 2 rings (SSSR count). The van der Waals surface area contributed by atoms with Gasteiger partial charge in [-0.2, -0.15) is 0 Å². The van der Waals surface area contributed by atoms with Crippen LogP contribution in [0.3, 0.4) is 0 Å². The number of nitrogens with zero attached hydrogens (tertiary/aromatic N) is 2. The van der Waals surface area contributed by atoms with E-state index in [1.54, 1.807) is 11.9 Å². The Labute approximate surface area is 100 Å². The lowest BCUT2D eigenvalue weighted by atomic mass is 10.0. The molecular weight excluding hydrogens is 222 g/mol. The predicted octanol–water partition coefficient (Wildman–Crippen LogP) is 0.150. The first-order valence-electron chi connectivity index (χ1n) is 5.95. The van der Waals surface area contributed by atoms with Crippen LogP contribution in [0.25, 0.3) is 0 Å². The normalized spacial score (nSPS) is 24.4. The molecule has 1 aliphatic carbocycles. The maximum absolute atomic E-state index is 12.3. The number of oxime groups is 1. The molecule has 1 amide bonds. The van der Waals surface area contributed by atoms with Crippen LogP contribution in [0.1, 0.15) is 25.7 Å². The summed E-state index contributed by atoms with van der Waals surface area (Å²) < 4.78 is 5.27. The molecule has 0 bridgehead atoms. The Morgan fingerprint density at radius 3 is 2.53 bits per heavy atom. The predicted molar refractivity (Wildman–Crippen MR) is 61.7 cm³/mol. The van der Waals surface area contributed by atoms with Crippen LogP contribution in [0, 0.1) is 5.41 Å². The van der Waals surface area contributed by atoms with Gasteiger partial charge in [0.1, 0.15) is 5.41 Å². The van der Waals surface area contributed by atoms with E-state index in [4.69, 9.17) is 15.7 Å². The summed E-state index contributed by atoms with van der Waals surface area (Å²) in [6, 6.07) is 0.209. The second-order valence-electron chi connectivity index (χ2n) is 4.83. The summed E-state index contributed by atoms with van der Waals surface area (Å²) in [5.41, 5.74) is 4.87. The monoisotopic (exact) mass is 241 g/mol. The Hall–Kier alpha value is -1.30. The molecule has 0 aromatic heterocycles. The van der Waals surface area contributed by atoms with Crippen LogP contribution in [0.5, 0.6) is 0 Å². The van der Waals surface area contributed by atoms with Crippen molar-refractivity contribution in [3.05, 3.63) is 0 Å². The zero-order chi connectivity index (χ0) is 12.5. The summed E-state index contributed by atoms with van der Waals surface area (Å²) in [5, 5.41) is 11.7. The van der Waals surface area contributed by atoms with Gasteiger partial charge in [-0.05, 0) is 25.7 Å². The SMILES string of the molecule is CN(C(=O)C1(C(N)=NO)CC1)C1CCOCC1. The number of carbonyl (C=O) groups excluding carboxylic acids is 1. The van der Waals surface area contributed by atoms with E-state index in [1.165, 1.54) is 0 Å². The molecule has 2 fully saturated rings. The van der Waals surface area contributed by atoms with E-state index in [9.17, 15) is 4.79 Å². The third-order valence-corrected chi connectivity index (χ3v) is 3.82. The second kappa shape index (κ2) is 4.52. The lowest BCUT2D eigenvalue weighted by Crippen LogP contribution is -2.47. The first-order valence-corrected chi connectivity index (χ1v) is 5.95. The third kappa shape index (κ3) is 2.09. The zero-order valence-corrected chi connectivity index (χ0v) is 10.1. The first kappa shape index (κ1) is 12.2. The van der Waals surface area contributed by atoms with Crippen molar-refractivity contribution in [3.8, 4) is 0 Å². The quantitative estimate of drug-likeness (QED) is 0.318. The Balaban J connectivity index is 2.04. The fourth-order valence-electron chi connectivity index (χ4n) is 2.38. The van der Waals surface area contributed by atoms with Crippen LogP contribution in [-0.2, 0) is 9.53 Å². The first-order chi connectivity index (χ1) is 8.12. The molecule has 1 heterocycles. The van der Waals surface area contributed by atoms with Gasteiger partial charge in [0.15, 0.2) is 5.84 Å². The maximum Gasteiger partial charge on any atom is 0.236 e. The summed E-state index contributed by atoms with van der Waals surface area (Å²) >= 11 is 0. The number of hydrogen-bond acceptors (Lipinski definition) is 4. The van der Waals surface area contributed by atoms with E-state index in [0.717, 1.165) is 12.8 Å². The largest absolute Gasteiger partial charge is 0.409 e. The number of rotatable bonds is 3. The Bertz CT molecular complexity index is 333. The third-order valence-electron chi connectivity index (χ3n) is 3.82.